The molecule has 1 spiro atoms. The van der Waals surface area contributed by atoms with Crippen molar-refractivity contribution in [3.63, 3.8) is 0 Å². The van der Waals surface area contributed by atoms with Crippen LogP contribution in [0.15, 0.2) is 18.3 Å². The number of aromatic nitrogens is 1. The van der Waals surface area contributed by atoms with Gasteiger partial charge in [-0.25, -0.2) is 4.79 Å². The van der Waals surface area contributed by atoms with Gasteiger partial charge in [-0.2, -0.15) is 0 Å². The molecule has 0 bridgehead atoms. The van der Waals surface area contributed by atoms with E-state index in [-0.39, 0.29) is 17.2 Å². The average molecular weight is 430 g/mol. The molecule has 1 aliphatic heterocycles. The van der Waals surface area contributed by atoms with Crippen LogP contribution in [0.2, 0.25) is 0 Å². The molecule has 1 aromatic rings. The van der Waals surface area contributed by atoms with Crippen LogP contribution in [0.5, 0.6) is 0 Å². The number of likely N-dealkylation sites (tertiary alicyclic amines) is 1. The molecular formula is C25H39N3O3. The summed E-state index contributed by atoms with van der Waals surface area (Å²) in [6.45, 7) is 10.7. The monoisotopic (exact) mass is 429 g/mol. The normalized spacial score (nSPS) is 19.6. The summed E-state index contributed by atoms with van der Waals surface area (Å²) >= 11 is 0. The van der Waals surface area contributed by atoms with Crippen LogP contribution in [0.1, 0.15) is 83.4 Å². The fourth-order valence-corrected chi connectivity index (χ4v) is 5.14. The van der Waals surface area contributed by atoms with Crippen molar-refractivity contribution in [1.29, 1.82) is 0 Å². The molecule has 1 saturated carbocycles. The molecule has 6 nitrogen and oxygen atoms in total. The molecule has 2 aliphatic rings. The van der Waals surface area contributed by atoms with Gasteiger partial charge in [-0.1, -0.05) is 34.1 Å². The Morgan fingerprint density at radius 1 is 1.29 bits per heavy atom. The molecule has 2 heterocycles. The fraction of sp³-hybridized carbons (Fsp3) is 0.720. The third-order valence-electron chi connectivity index (χ3n) is 7.18. The largest absolute Gasteiger partial charge is 0.453 e. The second-order valence-corrected chi connectivity index (χ2v) is 10.5. The van der Waals surface area contributed by atoms with Crippen molar-refractivity contribution in [2.45, 2.75) is 77.6 Å². The molecule has 0 aromatic carbocycles. The van der Waals surface area contributed by atoms with Crippen molar-refractivity contribution in [1.82, 2.24) is 15.2 Å². The summed E-state index contributed by atoms with van der Waals surface area (Å²) in [5.41, 5.74) is 3.03. The van der Waals surface area contributed by atoms with Gasteiger partial charge in [0.05, 0.1) is 13.0 Å². The maximum atomic E-state index is 13.1. The molecule has 6 heteroatoms. The van der Waals surface area contributed by atoms with Crippen LogP contribution in [0, 0.1) is 11.3 Å². The van der Waals surface area contributed by atoms with Crippen molar-refractivity contribution < 1.29 is 14.3 Å². The number of carbonyl (C=O) groups excluding carboxylic acids is 2. The van der Waals surface area contributed by atoms with Crippen LogP contribution in [0.3, 0.4) is 0 Å². The SMILES string of the molecule is CCC[C@H](CNC(=O)OC)C(=O)N1CCC2(CC1)CC(c1ccnc(C(C)(C)C)c1)C2. The Bertz CT molecular complexity index is 770. The minimum Gasteiger partial charge on any atom is -0.453 e. The number of amides is 2. The number of piperidine rings is 1. The van der Waals surface area contributed by atoms with E-state index in [9.17, 15) is 9.59 Å². The van der Waals surface area contributed by atoms with Crippen molar-refractivity contribution in [2.24, 2.45) is 11.3 Å². The van der Waals surface area contributed by atoms with E-state index in [1.54, 1.807) is 0 Å². The highest BCUT2D eigenvalue weighted by Gasteiger charge is 2.47. The van der Waals surface area contributed by atoms with Gasteiger partial charge in [0.1, 0.15) is 0 Å². The molecule has 1 aliphatic carbocycles. The van der Waals surface area contributed by atoms with Crippen LogP contribution < -0.4 is 5.32 Å². The fourth-order valence-electron chi connectivity index (χ4n) is 5.14. The van der Waals surface area contributed by atoms with Crippen LogP contribution in [0.4, 0.5) is 4.79 Å². The predicted octanol–water partition coefficient (Wildman–Crippen LogP) is 4.64. The highest BCUT2D eigenvalue weighted by molar-refractivity contribution is 5.80. The van der Waals surface area contributed by atoms with E-state index in [0.717, 1.165) is 44.5 Å². The zero-order valence-corrected chi connectivity index (χ0v) is 19.9. The quantitative estimate of drug-likeness (QED) is 0.715. The summed E-state index contributed by atoms with van der Waals surface area (Å²) in [6, 6.07) is 4.47. The lowest BCUT2D eigenvalue weighted by molar-refractivity contribution is -0.139. The van der Waals surface area contributed by atoms with Gasteiger partial charge in [0.2, 0.25) is 5.91 Å². The number of rotatable bonds is 6. The first-order chi connectivity index (χ1) is 14.7. The maximum absolute atomic E-state index is 13.1. The Morgan fingerprint density at radius 3 is 2.55 bits per heavy atom. The molecule has 172 valence electrons. The van der Waals surface area contributed by atoms with Gasteiger partial charge in [0.15, 0.2) is 0 Å². The van der Waals surface area contributed by atoms with Crippen LogP contribution in [-0.2, 0) is 14.9 Å². The summed E-state index contributed by atoms with van der Waals surface area (Å²) in [4.78, 5) is 31.0. The van der Waals surface area contributed by atoms with E-state index in [2.05, 4.69) is 54.9 Å². The number of ether oxygens (including phenoxy) is 1. The second kappa shape index (κ2) is 9.58. The zero-order chi connectivity index (χ0) is 22.6. The third-order valence-corrected chi connectivity index (χ3v) is 7.18. The van der Waals surface area contributed by atoms with Crippen LogP contribution >= 0.6 is 0 Å². The van der Waals surface area contributed by atoms with E-state index >= 15 is 0 Å². The Balaban J connectivity index is 1.53. The summed E-state index contributed by atoms with van der Waals surface area (Å²) in [5.74, 6) is 0.622. The molecule has 1 atom stereocenters. The third kappa shape index (κ3) is 5.58. The summed E-state index contributed by atoms with van der Waals surface area (Å²) < 4.78 is 4.65. The minimum atomic E-state index is -0.474. The Kier molecular flexibility index (Phi) is 7.28. The number of pyridine rings is 1. The number of nitrogens with one attached hydrogen (secondary N) is 1. The molecule has 31 heavy (non-hydrogen) atoms. The number of hydrogen-bond donors (Lipinski definition) is 1. The minimum absolute atomic E-state index is 0.0703. The molecule has 2 fully saturated rings. The van der Waals surface area contributed by atoms with Gasteiger partial charge >= 0.3 is 6.09 Å². The van der Waals surface area contributed by atoms with Crippen LogP contribution in [0.25, 0.3) is 0 Å². The van der Waals surface area contributed by atoms with E-state index in [4.69, 9.17) is 0 Å². The number of hydrogen-bond acceptors (Lipinski definition) is 4. The maximum Gasteiger partial charge on any atom is 0.406 e. The van der Waals surface area contributed by atoms with Gasteiger partial charge in [0, 0.05) is 36.9 Å². The Labute approximate surface area is 187 Å². The molecule has 0 unspecified atom stereocenters. The number of alkyl carbamates (subject to hydrolysis) is 1. The molecule has 2 amide bonds. The lowest BCUT2D eigenvalue weighted by Crippen LogP contribution is -2.50. The molecule has 0 radical (unpaired) electrons. The zero-order valence-electron chi connectivity index (χ0n) is 19.9. The summed E-state index contributed by atoms with van der Waals surface area (Å²) in [5, 5.41) is 2.70. The molecule has 3 rings (SSSR count). The highest BCUT2D eigenvalue weighted by atomic mass is 16.5. The highest BCUT2D eigenvalue weighted by Crippen LogP contribution is 2.56. The van der Waals surface area contributed by atoms with Crippen molar-refractivity contribution in [3.8, 4) is 0 Å². The average Bonchev–Trinajstić information content (AvgIpc) is 2.73. The van der Waals surface area contributed by atoms with E-state index in [1.807, 2.05) is 11.1 Å². The van der Waals surface area contributed by atoms with Crippen molar-refractivity contribution in [3.05, 3.63) is 29.6 Å². The topological polar surface area (TPSA) is 71.5 Å². The van der Waals surface area contributed by atoms with Crippen molar-refractivity contribution in [2.75, 3.05) is 26.7 Å². The van der Waals surface area contributed by atoms with Gasteiger partial charge < -0.3 is 15.0 Å². The summed E-state index contributed by atoms with van der Waals surface area (Å²) in [7, 11) is 1.35. The predicted molar refractivity (Wildman–Crippen MR) is 122 cm³/mol. The van der Waals surface area contributed by atoms with E-state index in [0.29, 0.717) is 17.9 Å². The lowest BCUT2D eigenvalue weighted by Gasteiger charge is -2.53. The summed E-state index contributed by atoms with van der Waals surface area (Å²) in [6.07, 6.45) is 7.77. The Hall–Kier alpha value is -2.11. The lowest BCUT2D eigenvalue weighted by atomic mass is 9.56. The smallest absolute Gasteiger partial charge is 0.406 e. The van der Waals surface area contributed by atoms with Gasteiger partial charge in [-0.05, 0) is 61.1 Å². The molecule has 1 saturated heterocycles. The van der Waals surface area contributed by atoms with Gasteiger partial charge in [-0.15, -0.1) is 0 Å². The first kappa shape index (κ1) is 23.6. The van der Waals surface area contributed by atoms with E-state index < -0.39 is 6.09 Å². The molecule has 1 N–H and O–H groups in total. The van der Waals surface area contributed by atoms with Gasteiger partial charge in [-0.3, -0.25) is 9.78 Å². The van der Waals surface area contributed by atoms with E-state index in [1.165, 1.54) is 25.5 Å². The first-order valence-electron chi connectivity index (χ1n) is 11.7. The number of carbonyl (C=O) groups is 2. The first-order valence-corrected chi connectivity index (χ1v) is 11.7. The van der Waals surface area contributed by atoms with Crippen LogP contribution in [-0.4, -0.2) is 48.6 Å². The van der Waals surface area contributed by atoms with Crippen molar-refractivity contribution >= 4 is 12.0 Å². The Morgan fingerprint density at radius 2 is 1.97 bits per heavy atom. The number of nitrogens with zero attached hydrogens (tertiary/aromatic N) is 2. The second-order valence-electron chi connectivity index (χ2n) is 10.5. The molecule has 1 aromatic heterocycles. The standard InChI is InChI=1S/C25H39N3O3/c1-6-7-19(17-27-23(30)31-5)22(29)28-12-9-25(10-13-28)15-20(16-25)18-8-11-26-21(14-18)24(2,3)4/h8,11,14,19-20H,6-7,9-10,12-13,15-17H2,1-5H3,(H,27,30)/t19-/m1/s1. The van der Waals surface area contributed by atoms with Gasteiger partial charge in [0.25, 0.3) is 0 Å². The number of methoxy groups -OCH3 is 1. The molecular weight excluding hydrogens is 390 g/mol.